The first kappa shape index (κ1) is 22.2. The van der Waals surface area contributed by atoms with Crippen molar-refractivity contribution in [3.05, 3.63) is 47.2 Å². The number of nitrogens with zero attached hydrogens (tertiary/aromatic N) is 2. The van der Waals surface area contributed by atoms with Gasteiger partial charge in [-0.2, -0.15) is 0 Å². The minimum atomic E-state index is -0.131. The molecule has 1 atom stereocenters. The summed E-state index contributed by atoms with van der Waals surface area (Å²) in [6.45, 7) is 2.64. The summed E-state index contributed by atoms with van der Waals surface area (Å²) in [6.07, 6.45) is 3.59. The molecule has 2 heterocycles. The van der Waals surface area contributed by atoms with Crippen molar-refractivity contribution >= 4 is 35.6 Å². The molecule has 1 aliphatic rings. The lowest BCUT2D eigenvalue weighted by molar-refractivity contribution is -0.118. The first-order valence-electron chi connectivity index (χ1n) is 8.68. The predicted molar refractivity (Wildman–Crippen MR) is 112 cm³/mol. The molecule has 0 saturated carbocycles. The number of carbonyl (C=O) groups is 1. The molecule has 2 N–H and O–H groups in total. The molecule has 1 amide bonds. The van der Waals surface area contributed by atoms with E-state index in [1.54, 1.807) is 18.3 Å². The normalized spacial score (nSPS) is 16.8. The van der Waals surface area contributed by atoms with E-state index < -0.39 is 0 Å². The third-order valence-electron chi connectivity index (χ3n) is 4.52. The molecule has 2 aromatic rings. The highest BCUT2D eigenvalue weighted by Gasteiger charge is 2.26. The number of anilines is 1. The van der Waals surface area contributed by atoms with Crippen LogP contribution in [0.1, 0.15) is 11.6 Å². The Morgan fingerprint density at radius 2 is 2.14 bits per heavy atom. The van der Waals surface area contributed by atoms with Gasteiger partial charge in [-0.3, -0.25) is 14.7 Å². The van der Waals surface area contributed by atoms with Crippen molar-refractivity contribution in [2.24, 2.45) is 0 Å². The maximum absolute atomic E-state index is 12.7. The summed E-state index contributed by atoms with van der Waals surface area (Å²) in [6, 6.07) is 7.32. The Morgan fingerprint density at radius 3 is 2.82 bits per heavy atom. The van der Waals surface area contributed by atoms with E-state index in [4.69, 9.17) is 21.1 Å². The Bertz CT molecular complexity index is 792. The molecule has 1 unspecified atom stereocenters. The quantitative estimate of drug-likeness (QED) is 0.739. The predicted octanol–water partition coefficient (Wildman–Crippen LogP) is 2.76. The number of hydrogen-bond donors (Lipinski definition) is 2. The molecule has 0 radical (unpaired) electrons. The lowest BCUT2D eigenvalue weighted by Crippen LogP contribution is -2.48. The standard InChI is InChI=1S/C19H23ClN4O3.ClH/c1-26-17-9-15(18(27-2)8-14(17)20)23-19(25)12-24-7-6-22-11-16(24)13-4-3-5-21-10-13;/h3-5,8-10,16,22H,6-7,11-12H2,1-2H3,(H,23,25);1H. The van der Waals surface area contributed by atoms with E-state index in [1.807, 2.05) is 18.3 Å². The van der Waals surface area contributed by atoms with Crippen LogP contribution in [0.5, 0.6) is 11.5 Å². The van der Waals surface area contributed by atoms with Gasteiger partial charge in [0.15, 0.2) is 0 Å². The Kier molecular flexibility index (Phi) is 8.32. The molecule has 1 aromatic heterocycles. The topological polar surface area (TPSA) is 75.7 Å². The molecule has 1 fully saturated rings. The number of halogens is 2. The summed E-state index contributed by atoms with van der Waals surface area (Å²) in [5.74, 6) is 0.829. The maximum Gasteiger partial charge on any atom is 0.238 e. The van der Waals surface area contributed by atoms with Crippen LogP contribution in [0.2, 0.25) is 5.02 Å². The van der Waals surface area contributed by atoms with Gasteiger partial charge in [-0.15, -0.1) is 12.4 Å². The van der Waals surface area contributed by atoms with Crippen molar-refractivity contribution in [2.75, 3.05) is 45.7 Å². The number of pyridine rings is 1. The van der Waals surface area contributed by atoms with Gasteiger partial charge in [-0.1, -0.05) is 17.7 Å². The number of ether oxygens (including phenoxy) is 2. The van der Waals surface area contributed by atoms with E-state index >= 15 is 0 Å². The minimum Gasteiger partial charge on any atom is -0.495 e. The number of piperazine rings is 1. The number of benzene rings is 1. The van der Waals surface area contributed by atoms with Crippen molar-refractivity contribution in [3.63, 3.8) is 0 Å². The van der Waals surface area contributed by atoms with E-state index in [0.29, 0.717) is 22.2 Å². The Labute approximate surface area is 175 Å². The largest absolute Gasteiger partial charge is 0.495 e. The third-order valence-corrected chi connectivity index (χ3v) is 4.81. The Morgan fingerprint density at radius 1 is 1.36 bits per heavy atom. The smallest absolute Gasteiger partial charge is 0.238 e. The molecular formula is C19H24Cl2N4O3. The number of methoxy groups -OCH3 is 2. The Balaban J connectivity index is 0.00000280. The second kappa shape index (κ2) is 10.5. The molecule has 28 heavy (non-hydrogen) atoms. The van der Waals surface area contributed by atoms with Crippen LogP contribution < -0.4 is 20.1 Å². The number of amides is 1. The number of aromatic nitrogens is 1. The SMILES string of the molecule is COc1cc(NC(=O)CN2CCNCC2c2cccnc2)c(OC)cc1Cl.Cl. The molecule has 0 bridgehead atoms. The zero-order chi connectivity index (χ0) is 19.2. The second-order valence-electron chi connectivity index (χ2n) is 6.21. The zero-order valence-electron chi connectivity index (χ0n) is 15.8. The van der Waals surface area contributed by atoms with Crippen molar-refractivity contribution in [2.45, 2.75) is 6.04 Å². The highest BCUT2D eigenvalue weighted by molar-refractivity contribution is 6.32. The van der Waals surface area contributed by atoms with E-state index in [1.165, 1.54) is 14.2 Å². The van der Waals surface area contributed by atoms with Gasteiger partial charge in [0.1, 0.15) is 11.5 Å². The number of hydrogen-bond acceptors (Lipinski definition) is 6. The lowest BCUT2D eigenvalue weighted by atomic mass is 10.1. The van der Waals surface area contributed by atoms with Crippen LogP contribution in [0.25, 0.3) is 0 Å². The maximum atomic E-state index is 12.7. The first-order valence-corrected chi connectivity index (χ1v) is 9.06. The monoisotopic (exact) mass is 426 g/mol. The fourth-order valence-corrected chi connectivity index (χ4v) is 3.40. The molecule has 3 rings (SSSR count). The fraction of sp³-hybridized carbons (Fsp3) is 0.368. The van der Waals surface area contributed by atoms with E-state index in [9.17, 15) is 4.79 Å². The van der Waals surface area contributed by atoms with Gasteiger partial charge in [0.25, 0.3) is 0 Å². The summed E-state index contributed by atoms with van der Waals surface area (Å²) in [5.41, 5.74) is 1.61. The summed E-state index contributed by atoms with van der Waals surface area (Å²) >= 11 is 6.12. The van der Waals surface area contributed by atoms with Gasteiger partial charge in [-0.25, -0.2) is 0 Å². The van der Waals surface area contributed by atoms with Crippen LogP contribution in [0, 0.1) is 0 Å². The van der Waals surface area contributed by atoms with Gasteiger partial charge in [0.2, 0.25) is 5.91 Å². The molecule has 7 nitrogen and oxygen atoms in total. The lowest BCUT2D eigenvalue weighted by Gasteiger charge is -2.35. The average molecular weight is 427 g/mol. The number of carbonyl (C=O) groups excluding carboxylic acids is 1. The van der Waals surface area contributed by atoms with Crippen LogP contribution in [0.4, 0.5) is 5.69 Å². The summed E-state index contributed by atoms with van der Waals surface area (Å²) in [7, 11) is 3.06. The van der Waals surface area contributed by atoms with E-state index in [-0.39, 0.29) is 30.9 Å². The van der Waals surface area contributed by atoms with Crippen LogP contribution in [-0.2, 0) is 4.79 Å². The fourth-order valence-electron chi connectivity index (χ4n) is 3.17. The molecule has 9 heteroatoms. The third kappa shape index (κ3) is 5.26. The van der Waals surface area contributed by atoms with Gasteiger partial charge in [0, 0.05) is 50.2 Å². The number of rotatable bonds is 6. The van der Waals surface area contributed by atoms with Gasteiger partial charge in [0.05, 0.1) is 31.5 Å². The summed E-state index contributed by atoms with van der Waals surface area (Å²) in [5, 5.41) is 6.70. The van der Waals surface area contributed by atoms with Gasteiger partial charge < -0.3 is 20.1 Å². The van der Waals surface area contributed by atoms with Crippen molar-refractivity contribution in [1.82, 2.24) is 15.2 Å². The highest BCUT2D eigenvalue weighted by Crippen LogP contribution is 2.36. The van der Waals surface area contributed by atoms with Crippen LogP contribution >= 0.6 is 24.0 Å². The van der Waals surface area contributed by atoms with Crippen molar-refractivity contribution < 1.29 is 14.3 Å². The van der Waals surface area contributed by atoms with E-state index in [0.717, 1.165) is 25.2 Å². The van der Waals surface area contributed by atoms with Crippen molar-refractivity contribution in [3.8, 4) is 11.5 Å². The van der Waals surface area contributed by atoms with Crippen LogP contribution in [0.3, 0.4) is 0 Å². The molecular weight excluding hydrogens is 403 g/mol. The Hall–Kier alpha value is -2.06. The number of nitrogens with one attached hydrogen (secondary N) is 2. The second-order valence-corrected chi connectivity index (χ2v) is 6.62. The molecule has 0 spiro atoms. The first-order chi connectivity index (χ1) is 13.1. The van der Waals surface area contributed by atoms with Crippen LogP contribution in [0.15, 0.2) is 36.7 Å². The minimum absolute atomic E-state index is 0. The summed E-state index contributed by atoms with van der Waals surface area (Å²) in [4.78, 5) is 19.0. The van der Waals surface area contributed by atoms with Crippen molar-refractivity contribution in [1.29, 1.82) is 0 Å². The molecule has 152 valence electrons. The summed E-state index contributed by atoms with van der Waals surface area (Å²) < 4.78 is 10.5. The van der Waals surface area contributed by atoms with Crippen LogP contribution in [-0.4, -0.2) is 56.2 Å². The van der Waals surface area contributed by atoms with E-state index in [2.05, 4.69) is 20.5 Å². The molecule has 0 aliphatic carbocycles. The zero-order valence-corrected chi connectivity index (χ0v) is 17.3. The molecule has 1 saturated heterocycles. The molecule has 1 aromatic carbocycles. The van der Waals surface area contributed by atoms with Gasteiger partial charge in [-0.05, 0) is 11.6 Å². The highest BCUT2D eigenvalue weighted by atomic mass is 35.5. The molecule has 1 aliphatic heterocycles. The van der Waals surface area contributed by atoms with Gasteiger partial charge >= 0.3 is 0 Å². The average Bonchev–Trinajstić information content (AvgIpc) is 2.70.